The lowest BCUT2D eigenvalue weighted by Crippen LogP contribution is -2.09. The Hall–Kier alpha value is -1.58. The predicted molar refractivity (Wildman–Crippen MR) is 53.7 cm³/mol. The van der Waals surface area contributed by atoms with Gasteiger partial charge in [0.2, 0.25) is 0 Å². The molecule has 0 radical (unpaired) electrons. The average molecular weight is 212 g/mol. The molecule has 1 unspecified atom stereocenters. The van der Waals surface area contributed by atoms with Crippen molar-refractivity contribution in [2.24, 2.45) is 0 Å². The first kappa shape index (κ1) is 11.5. The standard InChI is InChI=1S/C11H13FO3/c1-6-4-10(15-3)9(12)5-8(6)7(2)11(13)14/h4-5,7H,1-3H3,(H,13,14). The van der Waals surface area contributed by atoms with Gasteiger partial charge in [0.05, 0.1) is 13.0 Å². The van der Waals surface area contributed by atoms with E-state index < -0.39 is 17.7 Å². The fraction of sp³-hybridized carbons (Fsp3) is 0.364. The molecule has 82 valence electrons. The van der Waals surface area contributed by atoms with E-state index in [2.05, 4.69) is 0 Å². The van der Waals surface area contributed by atoms with Gasteiger partial charge < -0.3 is 9.84 Å². The monoisotopic (exact) mass is 212 g/mol. The molecule has 0 aliphatic carbocycles. The lowest BCUT2D eigenvalue weighted by Gasteiger charge is -2.12. The van der Waals surface area contributed by atoms with Gasteiger partial charge in [-0.05, 0) is 37.1 Å². The fourth-order valence-electron chi connectivity index (χ4n) is 1.43. The summed E-state index contributed by atoms with van der Waals surface area (Å²) in [5.41, 5.74) is 1.18. The summed E-state index contributed by atoms with van der Waals surface area (Å²) in [6, 6.07) is 2.72. The summed E-state index contributed by atoms with van der Waals surface area (Å²) in [4.78, 5) is 10.8. The Kier molecular flexibility index (Phi) is 3.29. The molecule has 0 fully saturated rings. The molecule has 1 aromatic rings. The number of methoxy groups -OCH3 is 1. The molecule has 0 amide bonds. The zero-order valence-electron chi connectivity index (χ0n) is 8.87. The fourth-order valence-corrected chi connectivity index (χ4v) is 1.43. The lowest BCUT2D eigenvalue weighted by molar-refractivity contribution is -0.138. The maximum atomic E-state index is 13.3. The third-order valence-corrected chi connectivity index (χ3v) is 2.38. The van der Waals surface area contributed by atoms with Gasteiger partial charge in [-0.15, -0.1) is 0 Å². The summed E-state index contributed by atoms with van der Waals surface area (Å²) in [6.45, 7) is 3.26. The molecule has 0 aromatic heterocycles. The Bertz CT molecular complexity index is 388. The van der Waals surface area contributed by atoms with Crippen LogP contribution in [0.4, 0.5) is 4.39 Å². The number of carboxylic acids is 1. The van der Waals surface area contributed by atoms with Gasteiger partial charge in [-0.3, -0.25) is 4.79 Å². The number of aliphatic carboxylic acids is 1. The van der Waals surface area contributed by atoms with E-state index in [0.29, 0.717) is 11.1 Å². The first-order valence-electron chi connectivity index (χ1n) is 4.54. The number of benzene rings is 1. The summed E-state index contributed by atoms with van der Waals surface area (Å²) in [5, 5.41) is 8.82. The minimum atomic E-state index is -0.970. The molecule has 15 heavy (non-hydrogen) atoms. The van der Waals surface area contributed by atoms with Crippen LogP contribution < -0.4 is 4.74 Å². The van der Waals surface area contributed by atoms with Gasteiger partial charge in [0.25, 0.3) is 0 Å². The third-order valence-electron chi connectivity index (χ3n) is 2.38. The Morgan fingerprint density at radius 1 is 1.53 bits per heavy atom. The van der Waals surface area contributed by atoms with Crippen LogP contribution in [-0.4, -0.2) is 18.2 Å². The number of carbonyl (C=O) groups is 1. The van der Waals surface area contributed by atoms with E-state index in [1.54, 1.807) is 6.92 Å². The van der Waals surface area contributed by atoms with E-state index in [9.17, 15) is 9.18 Å². The van der Waals surface area contributed by atoms with Crippen LogP contribution in [0.2, 0.25) is 0 Å². The highest BCUT2D eigenvalue weighted by molar-refractivity contribution is 5.76. The normalized spacial score (nSPS) is 12.3. The molecule has 1 aromatic carbocycles. The minimum absolute atomic E-state index is 0.133. The molecule has 1 rings (SSSR count). The number of aryl methyl sites for hydroxylation is 1. The second kappa shape index (κ2) is 4.29. The number of hydrogen-bond acceptors (Lipinski definition) is 2. The van der Waals surface area contributed by atoms with E-state index in [-0.39, 0.29) is 5.75 Å². The molecule has 1 N–H and O–H groups in total. The molecule has 0 aliphatic rings. The molecule has 0 spiro atoms. The molecule has 4 heteroatoms. The van der Waals surface area contributed by atoms with Gasteiger partial charge in [0, 0.05) is 0 Å². The predicted octanol–water partition coefficient (Wildman–Crippen LogP) is 2.33. The van der Waals surface area contributed by atoms with E-state index in [1.807, 2.05) is 0 Å². The van der Waals surface area contributed by atoms with Gasteiger partial charge in [0.1, 0.15) is 0 Å². The highest BCUT2D eigenvalue weighted by atomic mass is 19.1. The zero-order valence-corrected chi connectivity index (χ0v) is 8.87. The van der Waals surface area contributed by atoms with Crippen LogP contribution in [-0.2, 0) is 4.79 Å². The Morgan fingerprint density at radius 2 is 2.13 bits per heavy atom. The topological polar surface area (TPSA) is 46.5 Å². The molecule has 3 nitrogen and oxygen atoms in total. The maximum Gasteiger partial charge on any atom is 0.310 e. The summed E-state index contributed by atoms with van der Waals surface area (Å²) < 4.78 is 18.1. The SMILES string of the molecule is COc1cc(C)c(C(C)C(=O)O)cc1F. The average Bonchev–Trinajstić information content (AvgIpc) is 2.19. The van der Waals surface area contributed by atoms with Gasteiger partial charge >= 0.3 is 5.97 Å². The van der Waals surface area contributed by atoms with Gasteiger partial charge in [-0.1, -0.05) is 0 Å². The third kappa shape index (κ3) is 2.26. The van der Waals surface area contributed by atoms with Crippen molar-refractivity contribution in [2.45, 2.75) is 19.8 Å². The molecule has 0 aliphatic heterocycles. The number of ether oxygens (including phenoxy) is 1. The van der Waals surface area contributed by atoms with E-state index >= 15 is 0 Å². The van der Waals surface area contributed by atoms with Crippen molar-refractivity contribution in [3.63, 3.8) is 0 Å². The number of rotatable bonds is 3. The van der Waals surface area contributed by atoms with Crippen molar-refractivity contribution in [3.8, 4) is 5.75 Å². The van der Waals surface area contributed by atoms with Crippen LogP contribution in [0.1, 0.15) is 24.0 Å². The molecular weight excluding hydrogens is 199 g/mol. The van der Waals surface area contributed by atoms with Crippen LogP contribution in [0.15, 0.2) is 12.1 Å². The second-order valence-electron chi connectivity index (χ2n) is 3.40. The van der Waals surface area contributed by atoms with Crippen molar-refractivity contribution >= 4 is 5.97 Å². The maximum absolute atomic E-state index is 13.3. The van der Waals surface area contributed by atoms with Gasteiger partial charge in [-0.25, -0.2) is 4.39 Å². The van der Waals surface area contributed by atoms with Crippen LogP contribution >= 0.6 is 0 Å². The summed E-state index contributed by atoms with van der Waals surface area (Å²) in [7, 11) is 1.37. The summed E-state index contributed by atoms with van der Waals surface area (Å²) >= 11 is 0. The quantitative estimate of drug-likeness (QED) is 0.836. The van der Waals surface area contributed by atoms with Crippen molar-refractivity contribution in [1.82, 2.24) is 0 Å². The highest BCUT2D eigenvalue weighted by Crippen LogP contribution is 2.26. The Balaban J connectivity index is 3.21. The van der Waals surface area contributed by atoms with E-state index in [1.165, 1.54) is 26.2 Å². The molecule has 0 saturated carbocycles. The van der Waals surface area contributed by atoms with Crippen molar-refractivity contribution in [3.05, 3.63) is 29.1 Å². The molecule has 0 saturated heterocycles. The second-order valence-corrected chi connectivity index (χ2v) is 3.40. The van der Waals surface area contributed by atoms with Crippen LogP contribution in [0.5, 0.6) is 5.75 Å². The van der Waals surface area contributed by atoms with Crippen molar-refractivity contribution in [1.29, 1.82) is 0 Å². The Labute approximate surface area is 87.5 Å². The minimum Gasteiger partial charge on any atom is -0.494 e. The summed E-state index contributed by atoms with van der Waals surface area (Å²) in [5.74, 6) is -2.09. The first-order valence-corrected chi connectivity index (χ1v) is 4.54. The molecular formula is C11H13FO3. The molecule has 0 heterocycles. The van der Waals surface area contributed by atoms with Crippen molar-refractivity contribution in [2.75, 3.05) is 7.11 Å². The zero-order chi connectivity index (χ0) is 11.6. The Morgan fingerprint density at radius 3 is 2.60 bits per heavy atom. The molecule has 0 bridgehead atoms. The molecule has 1 atom stereocenters. The highest BCUT2D eigenvalue weighted by Gasteiger charge is 2.18. The number of halogens is 1. The first-order chi connectivity index (χ1) is 6.97. The van der Waals surface area contributed by atoms with Crippen LogP contribution in [0.25, 0.3) is 0 Å². The van der Waals surface area contributed by atoms with Crippen LogP contribution in [0, 0.1) is 12.7 Å². The smallest absolute Gasteiger partial charge is 0.310 e. The van der Waals surface area contributed by atoms with Crippen molar-refractivity contribution < 1.29 is 19.0 Å². The largest absolute Gasteiger partial charge is 0.494 e. The van der Waals surface area contributed by atoms with Gasteiger partial charge in [-0.2, -0.15) is 0 Å². The van der Waals surface area contributed by atoms with E-state index in [0.717, 1.165) is 0 Å². The number of hydrogen-bond donors (Lipinski definition) is 1. The number of carboxylic acid groups (broad SMARTS) is 1. The lowest BCUT2D eigenvalue weighted by atomic mass is 9.96. The van der Waals surface area contributed by atoms with E-state index in [4.69, 9.17) is 9.84 Å². The van der Waals surface area contributed by atoms with Crippen LogP contribution in [0.3, 0.4) is 0 Å². The summed E-state index contributed by atoms with van der Waals surface area (Å²) in [6.07, 6.45) is 0. The van der Waals surface area contributed by atoms with Gasteiger partial charge in [0.15, 0.2) is 11.6 Å².